The Balaban J connectivity index is 1.76. The van der Waals surface area contributed by atoms with Crippen molar-refractivity contribution in [2.45, 2.75) is 6.04 Å². The van der Waals surface area contributed by atoms with Gasteiger partial charge in [0.05, 0.1) is 10.6 Å². The van der Waals surface area contributed by atoms with Crippen LogP contribution in [0.5, 0.6) is 0 Å². The summed E-state index contributed by atoms with van der Waals surface area (Å²) >= 11 is 1.37. The monoisotopic (exact) mass is 453 g/mol. The van der Waals surface area contributed by atoms with Crippen LogP contribution in [0, 0.1) is 11.6 Å². The molecule has 0 saturated heterocycles. The molecule has 162 valence electrons. The number of likely N-dealkylation sites (N-methyl/N-ethyl adjacent to an activating group) is 1. The number of amides is 2. The molecule has 4 aromatic rings. The van der Waals surface area contributed by atoms with Gasteiger partial charge in [0.25, 0.3) is 5.91 Å². The summed E-state index contributed by atoms with van der Waals surface area (Å²) in [6, 6.07) is 13.4. The average Bonchev–Trinajstić information content (AvgIpc) is 3.43. The Kier molecular flexibility index (Phi) is 5.78. The van der Waals surface area contributed by atoms with Gasteiger partial charge < -0.3 is 10.6 Å². The van der Waals surface area contributed by atoms with E-state index >= 15 is 0 Å². The second-order valence-electron chi connectivity index (χ2n) is 6.90. The number of carbonyl (C=O) groups excluding carboxylic acids is 2. The lowest BCUT2D eigenvalue weighted by molar-refractivity contribution is -0.122. The zero-order valence-corrected chi connectivity index (χ0v) is 17.6. The Morgan fingerprint density at radius 3 is 2.41 bits per heavy atom. The highest BCUT2D eigenvalue weighted by atomic mass is 32.1. The Hall–Kier alpha value is -3.92. The number of nitrogens with two attached hydrogens (primary N) is 1. The van der Waals surface area contributed by atoms with Gasteiger partial charge in [0.1, 0.15) is 17.7 Å². The number of hydrogen-bond donors (Lipinski definition) is 1. The SMILES string of the molecule is CN(C(=O)c1nc(-c2cccs2)n(-c2cccc(F)c2)n1)C(C(N)=O)c1cccc(F)c1. The van der Waals surface area contributed by atoms with Crippen LogP contribution in [0.3, 0.4) is 0 Å². The van der Waals surface area contributed by atoms with Crippen molar-refractivity contribution in [1.82, 2.24) is 19.7 Å². The van der Waals surface area contributed by atoms with Gasteiger partial charge >= 0.3 is 0 Å². The molecule has 0 spiro atoms. The van der Waals surface area contributed by atoms with Crippen LogP contribution in [0.1, 0.15) is 22.2 Å². The molecule has 2 heterocycles. The lowest BCUT2D eigenvalue weighted by Crippen LogP contribution is -2.39. The Morgan fingerprint density at radius 1 is 1.06 bits per heavy atom. The second-order valence-corrected chi connectivity index (χ2v) is 7.85. The molecule has 0 aliphatic heterocycles. The van der Waals surface area contributed by atoms with Crippen LogP contribution in [0.2, 0.25) is 0 Å². The minimum absolute atomic E-state index is 0.219. The molecule has 0 bridgehead atoms. The summed E-state index contributed by atoms with van der Waals surface area (Å²) in [5.74, 6) is -2.46. The first-order valence-corrected chi connectivity index (χ1v) is 10.3. The van der Waals surface area contributed by atoms with Crippen LogP contribution in [0.4, 0.5) is 8.78 Å². The molecule has 2 amide bonds. The van der Waals surface area contributed by atoms with Crippen LogP contribution in [-0.2, 0) is 4.79 Å². The van der Waals surface area contributed by atoms with Crippen molar-refractivity contribution >= 4 is 23.2 Å². The quantitative estimate of drug-likeness (QED) is 0.483. The second kappa shape index (κ2) is 8.67. The maximum absolute atomic E-state index is 13.8. The lowest BCUT2D eigenvalue weighted by atomic mass is 10.0. The minimum Gasteiger partial charge on any atom is -0.368 e. The number of nitrogens with zero attached hydrogens (tertiary/aromatic N) is 4. The molecule has 1 unspecified atom stereocenters. The van der Waals surface area contributed by atoms with E-state index in [2.05, 4.69) is 10.1 Å². The molecular weight excluding hydrogens is 436 g/mol. The highest BCUT2D eigenvalue weighted by Gasteiger charge is 2.31. The van der Waals surface area contributed by atoms with Gasteiger partial charge in [-0.05, 0) is 47.3 Å². The number of aromatic nitrogens is 3. The van der Waals surface area contributed by atoms with Crippen molar-refractivity contribution in [3.05, 3.63) is 89.1 Å². The molecule has 4 rings (SSSR count). The summed E-state index contributed by atoms with van der Waals surface area (Å²) < 4.78 is 28.9. The fourth-order valence-corrected chi connectivity index (χ4v) is 3.98. The summed E-state index contributed by atoms with van der Waals surface area (Å²) in [6.07, 6.45) is 0. The van der Waals surface area contributed by atoms with Crippen LogP contribution < -0.4 is 5.73 Å². The average molecular weight is 453 g/mol. The van der Waals surface area contributed by atoms with Gasteiger partial charge in [0, 0.05) is 7.05 Å². The van der Waals surface area contributed by atoms with E-state index in [1.54, 1.807) is 12.1 Å². The number of benzene rings is 2. The van der Waals surface area contributed by atoms with E-state index in [4.69, 9.17) is 5.73 Å². The highest BCUT2D eigenvalue weighted by molar-refractivity contribution is 7.13. The van der Waals surface area contributed by atoms with Crippen LogP contribution in [-0.4, -0.2) is 38.5 Å². The predicted molar refractivity (Wildman–Crippen MR) is 115 cm³/mol. The van der Waals surface area contributed by atoms with Gasteiger partial charge in [-0.3, -0.25) is 9.59 Å². The summed E-state index contributed by atoms with van der Waals surface area (Å²) in [5, 5.41) is 6.11. The molecule has 0 aliphatic carbocycles. The lowest BCUT2D eigenvalue weighted by Gasteiger charge is -2.25. The molecule has 10 heteroatoms. The smallest absolute Gasteiger partial charge is 0.294 e. The maximum atomic E-state index is 13.8. The van der Waals surface area contributed by atoms with Gasteiger partial charge in [0.15, 0.2) is 5.82 Å². The summed E-state index contributed by atoms with van der Waals surface area (Å²) in [6.45, 7) is 0. The zero-order valence-electron chi connectivity index (χ0n) is 16.8. The number of rotatable bonds is 6. The standard InChI is InChI=1S/C22H17F2N5O2S/c1-28(18(19(25)30)13-5-2-6-14(23)11-13)22(31)20-26-21(17-9-4-10-32-17)29(27-20)16-8-3-7-15(24)12-16/h2-12,18H,1H3,(H2,25,30). The first-order valence-electron chi connectivity index (χ1n) is 9.44. The Morgan fingerprint density at radius 2 is 1.78 bits per heavy atom. The van der Waals surface area contributed by atoms with Crippen molar-refractivity contribution in [3.63, 3.8) is 0 Å². The molecule has 7 nitrogen and oxygen atoms in total. The molecule has 0 saturated carbocycles. The minimum atomic E-state index is -1.23. The van der Waals surface area contributed by atoms with Crippen LogP contribution >= 0.6 is 11.3 Å². The van der Waals surface area contributed by atoms with Crippen molar-refractivity contribution in [2.24, 2.45) is 5.73 Å². The maximum Gasteiger partial charge on any atom is 0.294 e. The molecule has 1 atom stereocenters. The van der Waals surface area contributed by atoms with E-state index in [9.17, 15) is 18.4 Å². The molecule has 0 fully saturated rings. The number of primary amides is 1. The molecular formula is C22H17F2N5O2S. The van der Waals surface area contributed by atoms with E-state index in [0.29, 0.717) is 16.4 Å². The van der Waals surface area contributed by atoms with Gasteiger partial charge in [0.2, 0.25) is 11.7 Å². The Labute approximate surface area is 185 Å². The van der Waals surface area contributed by atoms with E-state index in [-0.39, 0.29) is 11.4 Å². The first kappa shape index (κ1) is 21.3. The van der Waals surface area contributed by atoms with E-state index in [1.807, 2.05) is 11.4 Å². The fraction of sp³-hybridized carbons (Fsp3) is 0.0909. The number of halogens is 2. The molecule has 32 heavy (non-hydrogen) atoms. The van der Waals surface area contributed by atoms with Gasteiger partial charge in [-0.25, -0.2) is 18.4 Å². The van der Waals surface area contributed by atoms with Crippen LogP contribution in [0.25, 0.3) is 16.4 Å². The predicted octanol–water partition coefficient (Wildman–Crippen LogP) is 3.57. The van der Waals surface area contributed by atoms with Crippen molar-refractivity contribution in [1.29, 1.82) is 0 Å². The summed E-state index contributed by atoms with van der Waals surface area (Å²) in [4.78, 5) is 31.4. The molecule has 2 aromatic carbocycles. The zero-order chi connectivity index (χ0) is 22.8. The third-order valence-electron chi connectivity index (χ3n) is 4.73. The van der Waals surface area contributed by atoms with Gasteiger partial charge in [-0.15, -0.1) is 16.4 Å². The summed E-state index contributed by atoms with van der Waals surface area (Å²) in [7, 11) is 1.36. The highest BCUT2D eigenvalue weighted by Crippen LogP contribution is 2.27. The van der Waals surface area contributed by atoms with Crippen LogP contribution in [0.15, 0.2) is 66.0 Å². The number of hydrogen-bond acceptors (Lipinski definition) is 5. The third kappa shape index (κ3) is 4.12. The molecule has 0 radical (unpaired) electrons. The van der Waals surface area contributed by atoms with E-state index < -0.39 is 29.5 Å². The molecule has 2 N–H and O–H groups in total. The largest absolute Gasteiger partial charge is 0.368 e. The number of thiophene rings is 1. The fourth-order valence-electron chi connectivity index (χ4n) is 3.29. The van der Waals surface area contributed by atoms with E-state index in [0.717, 1.165) is 11.0 Å². The molecule has 2 aromatic heterocycles. The Bertz CT molecular complexity index is 1290. The van der Waals surface area contributed by atoms with E-state index in [1.165, 1.54) is 59.5 Å². The first-order chi connectivity index (χ1) is 15.3. The van der Waals surface area contributed by atoms with Crippen molar-refractivity contribution < 1.29 is 18.4 Å². The van der Waals surface area contributed by atoms with Crippen molar-refractivity contribution in [2.75, 3.05) is 7.05 Å². The van der Waals surface area contributed by atoms with Gasteiger partial charge in [-0.1, -0.05) is 24.3 Å². The van der Waals surface area contributed by atoms with Gasteiger partial charge in [-0.2, -0.15) is 0 Å². The number of carbonyl (C=O) groups is 2. The normalized spacial score (nSPS) is 11.8. The summed E-state index contributed by atoms with van der Waals surface area (Å²) in [5.41, 5.74) is 6.11. The van der Waals surface area contributed by atoms with Crippen molar-refractivity contribution in [3.8, 4) is 16.4 Å². The third-order valence-corrected chi connectivity index (χ3v) is 5.60. The molecule has 0 aliphatic rings. The topological polar surface area (TPSA) is 94.1 Å².